The van der Waals surface area contributed by atoms with Gasteiger partial charge in [-0.2, -0.15) is 18.3 Å². The highest BCUT2D eigenvalue weighted by molar-refractivity contribution is 5.95. The molecule has 2 fully saturated rings. The Balaban J connectivity index is 1.51. The first-order valence-corrected chi connectivity index (χ1v) is 8.90. The summed E-state index contributed by atoms with van der Waals surface area (Å²) < 4.78 is 39.9. The van der Waals surface area contributed by atoms with Crippen LogP contribution in [-0.2, 0) is 12.6 Å². The number of hydrogen-bond donors (Lipinski definition) is 2. The van der Waals surface area contributed by atoms with Crippen LogP contribution in [0.25, 0.3) is 5.82 Å². The molecule has 2 heterocycles. The van der Waals surface area contributed by atoms with E-state index in [0.29, 0.717) is 11.6 Å². The quantitative estimate of drug-likeness (QED) is 0.855. The molecule has 0 saturated heterocycles. The highest BCUT2D eigenvalue weighted by Crippen LogP contribution is 2.57. The van der Waals surface area contributed by atoms with Gasteiger partial charge >= 0.3 is 6.18 Å². The molecule has 2 N–H and O–H groups in total. The van der Waals surface area contributed by atoms with Crippen molar-refractivity contribution in [2.45, 2.75) is 43.3 Å². The molecule has 0 aromatic carbocycles. The van der Waals surface area contributed by atoms with Gasteiger partial charge < -0.3 is 10.4 Å². The Morgan fingerprint density at radius 3 is 2.74 bits per heavy atom. The minimum atomic E-state index is -4.45. The lowest BCUT2D eigenvalue weighted by Crippen LogP contribution is -2.40. The molecule has 0 radical (unpaired) electrons. The zero-order chi connectivity index (χ0) is 19.0. The van der Waals surface area contributed by atoms with Crippen LogP contribution >= 0.6 is 0 Å². The summed E-state index contributed by atoms with van der Waals surface area (Å²) in [7, 11) is 0. The number of amides is 1. The van der Waals surface area contributed by atoms with E-state index < -0.39 is 17.3 Å². The summed E-state index contributed by atoms with van der Waals surface area (Å²) in [4.78, 5) is 16.6. The Kier molecular flexibility index (Phi) is 3.29. The number of halogens is 3. The van der Waals surface area contributed by atoms with Gasteiger partial charge in [-0.05, 0) is 43.7 Å². The zero-order valence-corrected chi connectivity index (χ0v) is 14.3. The molecule has 0 bridgehead atoms. The summed E-state index contributed by atoms with van der Waals surface area (Å²) in [5, 5.41) is 16.7. The largest absolute Gasteiger partial charge is 0.417 e. The molecule has 1 amide bonds. The second kappa shape index (κ2) is 5.31. The first kappa shape index (κ1) is 16.7. The number of aliphatic hydroxyl groups is 1. The molecule has 2 atom stereocenters. The van der Waals surface area contributed by atoms with Crippen molar-refractivity contribution in [3.8, 4) is 5.82 Å². The van der Waals surface area contributed by atoms with Gasteiger partial charge in [-0.25, -0.2) is 9.67 Å². The average molecular weight is 378 g/mol. The molecular formula is C18H17F3N4O2. The molecule has 0 spiro atoms. The number of rotatable bonds is 4. The van der Waals surface area contributed by atoms with Gasteiger partial charge in [0.15, 0.2) is 11.5 Å². The first-order chi connectivity index (χ1) is 12.8. The van der Waals surface area contributed by atoms with E-state index >= 15 is 0 Å². The molecule has 0 unspecified atom stereocenters. The minimum absolute atomic E-state index is 0.118. The van der Waals surface area contributed by atoms with Gasteiger partial charge in [-0.15, -0.1) is 0 Å². The first-order valence-electron chi connectivity index (χ1n) is 8.90. The predicted octanol–water partition coefficient (Wildman–Crippen LogP) is 2.20. The van der Waals surface area contributed by atoms with E-state index in [-0.39, 0.29) is 24.2 Å². The SMILES string of the molecule is O=C(NC1(CO)CC1)c1nn(-c2ccc(C(F)(F)F)cn2)c2c1C[C@H]1C[C@@H]21. The fraction of sp³-hybridized carbons (Fsp3) is 0.500. The molecule has 5 rings (SSSR count). The number of carbonyl (C=O) groups is 1. The Morgan fingerprint density at radius 1 is 1.37 bits per heavy atom. The van der Waals surface area contributed by atoms with Crippen LogP contribution in [-0.4, -0.2) is 37.9 Å². The molecule has 2 aromatic heterocycles. The van der Waals surface area contributed by atoms with Crippen molar-refractivity contribution >= 4 is 5.91 Å². The molecule has 9 heteroatoms. The van der Waals surface area contributed by atoms with E-state index in [1.807, 2.05) is 0 Å². The number of carbonyl (C=O) groups excluding carboxylic acids is 1. The Labute approximate surface area is 152 Å². The molecule has 2 saturated carbocycles. The Morgan fingerprint density at radius 2 is 2.15 bits per heavy atom. The zero-order valence-electron chi connectivity index (χ0n) is 14.3. The molecule has 2 aromatic rings. The van der Waals surface area contributed by atoms with Crippen LogP contribution in [0.5, 0.6) is 0 Å². The van der Waals surface area contributed by atoms with Crippen LogP contribution < -0.4 is 5.32 Å². The van der Waals surface area contributed by atoms with Crippen molar-refractivity contribution in [2.75, 3.05) is 6.61 Å². The van der Waals surface area contributed by atoms with E-state index in [0.717, 1.165) is 49.2 Å². The summed E-state index contributed by atoms with van der Waals surface area (Å²) in [6.07, 6.45) is -0.468. The summed E-state index contributed by atoms with van der Waals surface area (Å²) in [5.41, 5.74) is 0.645. The number of aliphatic hydroxyl groups excluding tert-OH is 1. The van der Waals surface area contributed by atoms with Gasteiger partial charge in [-0.3, -0.25) is 4.79 Å². The fourth-order valence-electron chi connectivity index (χ4n) is 3.93. The summed E-state index contributed by atoms with van der Waals surface area (Å²) in [5.74, 6) is 0.683. The number of aromatic nitrogens is 3. The van der Waals surface area contributed by atoms with Crippen LogP contribution in [0.1, 0.15) is 52.5 Å². The summed E-state index contributed by atoms with van der Waals surface area (Å²) in [6, 6.07) is 2.25. The van der Waals surface area contributed by atoms with Gasteiger partial charge in [0.05, 0.1) is 23.4 Å². The number of alkyl halides is 3. The van der Waals surface area contributed by atoms with E-state index in [4.69, 9.17) is 0 Å². The topological polar surface area (TPSA) is 80.0 Å². The van der Waals surface area contributed by atoms with Crippen LogP contribution in [0.4, 0.5) is 13.2 Å². The molecule has 3 aliphatic rings. The van der Waals surface area contributed by atoms with E-state index in [2.05, 4.69) is 15.4 Å². The number of pyridine rings is 1. The third-order valence-corrected chi connectivity index (χ3v) is 5.81. The third kappa shape index (κ3) is 2.63. The lowest BCUT2D eigenvalue weighted by Gasteiger charge is -2.13. The molecule has 3 aliphatic carbocycles. The summed E-state index contributed by atoms with van der Waals surface area (Å²) >= 11 is 0. The van der Waals surface area contributed by atoms with E-state index in [9.17, 15) is 23.1 Å². The van der Waals surface area contributed by atoms with Crippen LogP contribution in [0.3, 0.4) is 0 Å². The molecule has 0 aliphatic heterocycles. The van der Waals surface area contributed by atoms with Crippen molar-refractivity contribution in [1.82, 2.24) is 20.1 Å². The number of nitrogens with one attached hydrogen (secondary N) is 1. The molecule has 142 valence electrons. The third-order valence-electron chi connectivity index (χ3n) is 5.81. The smallest absolute Gasteiger partial charge is 0.394 e. The maximum atomic E-state index is 12.8. The lowest BCUT2D eigenvalue weighted by molar-refractivity contribution is -0.137. The highest BCUT2D eigenvalue weighted by Gasteiger charge is 2.51. The van der Waals surface area contributed by atoms with Gasteiger partial charge in [0.25, 0.3) is 5.91 Å². The second-order valence-electron chi connectivity index (χ2n) is 7.73. The summed E-state index contributed by atoms with van der Waals surface area (Å²) in [6.45, 7) is -0.118. The van der Waals surface area contributed by atoms with Gasteiger partial charge in [0.2, 0.25) is 0 Å². The highest BCUT2D eigenvalue weighted by atomic mass is 19.4. The molecule has 6 nitrogen and oxygen atoms in total. The van der Waals surface area contributed by atoms with E-state index in [1.54, 1.807) is 0 Å². The number of nitrogens with zero attached hydrogens (tertiary/aromatic N) is 3. The normalized spacial score (nSPS) is 24.3. The van der Waals surface area contributed by atoms with Crippen molar-refractivity contribution in [3.05, 3.63) is 40.8 Å². The van der Waals surface area contributed by atoms with Gasteiger partial charge in [0, 0.05) is 17.7 Å². The Bertz CT molecular complexity index is 931. The number of fused-ring (bicyclic) bond motifs is 3. The fourth-order valence-corrected chi connectivity index (χ4v) is 3.93. The lowest BCUT2D eigenvalue weighted by atomic mass is 10.1. The van der Waals surface area contributed by atoms with Crippen LogP contribution in [0, 0.1) is 5.92 Å². The van der Waals surface area contributed by atoms with Crippen LogP contribution in [0.2, 0.25) is 0 Å². The van der Waals surface area contributed by atoms with E-state index in [1.165, 1.54) is 10.7 Å². The van der Waals surface area contributed by atoms with Crippen molar-refractivity contribution in [2.24, 2.45) is 5.92 Å². The maximum Gasteiger partial charge on any atom is 0.417 e. The molecular weight excluding hydrogens is 361 g/mol. The minimum Gasteiger partial charge on any atom is -0.394 e. The van der Waals surface area contributed by atoms with Crippen molar-refractivity contribution < 1.29 is 23.1 Å². The Hall–Kier alpha value is -2.42. The van der Waals surface area contributed by atoms with Crippen molar-refractivity contribution in [1.29, 1.82) is 0 Å². The predicted molar refractivity (Wildman–Crippen MR) is 87.4 cm³/mol. The number of hydrogen-bond acceptors (Lipinski definition) is 4. The second-order valence-corrected chi connectivity index (χ2v) is 7.73. The van der Waals surface area contributed by atoms with Crippen molar-refractivity contribution in [3.63, 3.8) is 0 Å². The van der Waals surface area contributed by atoms with Gasteiger partial charge in [-0.1, -0.05) is 0 Å². The monoisotopic (exact) mass is 378 g/mol. The molecule has 27 heavy (non-hydrogen) atoms. The van der Waals surface area contributed by atoms with Crippen LogP contribution in [0.15, 0.2) is 18.3 Å². The maximum absolute atomic E-state index is 12.8. The van der Waals surface area contributed by atoms with Gasteiger partial charge in [0.1, 0.15) is 0 Å². The average Bonchev–Trinajstić information content (AvgIpc) is 3.51. The standard InChI is InChI=1S/C18H17F3N4O2/c19-18(20,21)10-1-2-13(22-7-10)25-15-11-5-9(11)6-12(15)14(24-25)16(27)23-17(8-26)3-4-17/h1-2,7,9,11,26H,3-6,8H2,(H,23,27)/t9-,11-/m1/s1.